The van der Waals surface area contributed by atoms with Gasteiger partial charge in [-0.15, -0.1) is 0 Å². The Morgan fingerprint density at radius 1 is 1.40 bits per heavy atom. The summed E-state index contributed by atoms with van der Waals surface area (Å²) in [6.07, 6.45) is 1.44. The van der Waals surface area contributed by atoms with Crippen LogP contribution in [0.3, 0.4) is 0 Å². The minimum Gasteiger partial charge on any atom is -0.449 e. The first-order valence-electron chi connectivity index (χ1n) is 4.92. The van der Waals surface area contributed by atoms with Gasteiger partial charge in [0.15, 0.2) is 0 Å². The number of nitrogens with one attached hydrogen (secondary N) is 1. The van der Waals surface area contributed by atoms with Gasteiger partial charge in [-0.2, -0.15) is 0 Å². The van der Waals surface area contributed by atoms with Crippen LogP contribution in [-0.2, 0) is 11.2 Å². The second-order valence-electron chi connectivity index (χ2n) is 3.60. The summed E-state index contributed by atoms with van der Waals surface area (Å²) >= 11 is 3.39. The molecule has 4 heteroatoms. The van der Waals surface area contributed by atoms with E-state index in [4.69, 9.17) is 4.74 Å². The molecule has 1 aliphatic heterocycles. The third-order valence-corrected chi connectivity index (χ3v) is 2.95. The summed E-state index contributed by atoms with van der Waals surface area (Å²) in [5.74, 6) is 0. The van der Waals surface area contributed by atoms with Crippen LogP contribution in [0.4, 0.5) is 4.79 Å². The zero-order chi connectivity index (χ0) is 10.7. The van der Waals surface area contributed by atoms with Crippen LogP contribution >= 0.6 is 15.9 Å². The van der Waals surface area contributed by atoms with Gasteiger partial charge in [-0.1, -0.05) is 28.1 Å². The Bertz CT molecular complexity index is 350. The molecule has 15 heavy (non-hydrogen) atoms. The lowest BCUT2D eigenvalue weighted by Gasteiger charge is -2.23. The number of hydrogen-bond acceptors (Lipinski definition) is 2. The average Bonchev–Trinajstić information content (AvgIpc) is 2.22. The Kier molecular flexibility index (Phi) is 3.26. The molecule has 1 saturated heterocycles. The molecule has 3 nitrogen and oxygen atoms in total. The summed E-state index contributed by atoms with van der Waals surface area (Å²) in [4.78, 5) is 11.0. The molecule has 1 atom stereocenters. The summed E-state index contributed by atoms with van der Waals surface area (Å²) in [5, 5.41) is 2.81. The van der Waals surface area contributed by atoms with Crippen molar-refractivity contribution in [2.75, 3.05) is 6.61 Å². The molecule has 1 N–H and O–H groups in total. The van der Waals surface area contributed by atoms with Crippen LogP contribution in [0.15, 0.2) is 28.7 Å². The van der Waals surface area contributed by atoms with Gasteiger partial charge in [0.25, 0.3) is 0 Å². The van der Waals surface area contributed by atoms with E-state index >= 15 is 0 Å². The number of rotatable bonds is 2. The van der Waals surface area contributed by atoms with Gasteiger partial charge in [0.1, 0.15) is 0 Å². The smallest absolute Gasteiger partial charge is 0.407 e. The van der Waals surface area contributed by atoms with Crippen LogP contribution in [-0.4, -0.2) is 18.7 Å². The average molecular weight is 270 g/mol. The first-order valence-corrected chi connectivity index (χ1v) is 5.71. The molecular weight excluding hydrogens is 258 g/mol. The number of ether oxygens (including phenoxy) is 1. The molecule has 1 heterocycles. The lowest BCUT2D eigenvalue weighted by Crippen LogP contribution is -2.42. The van der Waals surface area contributed by atoms with Gasteiger partial charge in [-0.25, -0.2) is 4.79 Å². The topological polar surface area (TPSA) is 38.3 Å². The van der Waals surface area contributed by atoms with Crippen LogP contribution in [0.2, 0.25) is 0 Å². The number of carbonyl (C=O) groups is 1. The number of amides is 1. The van der Waals surface area contributed by atoms with Crippen LogP contribution in [0.25, 0.3) is 0 Å². The maximum absolute atomic E-state index is 11.0. The summed E-state index contributed by atoms with van der Waals surface area (Å²) in [5.41, 5.74) is 1.23. The highest BCUT2D eigenvalue weighted by molar-refractivity contribution is 9.10. The van der Waals surface area contributed by atoms with Gasteiger partial charge >= 0.3 is 6.09 Å². The quantitative estimate of drug-likeness (QED) is 0.896. The van der Waals surface area contributed by atoms with Crippen LogP contribution < -0.4 is 5.32 Å². The monoisotopic (exact) mass is 269 g/mol. The molecule has 0 aromatic heterocycles. The van der Waals surface area contributed by atoms with Crippen molar-refractivity contribution in [3.8, 4) is 0 Å². The fourth-order valence-electron chi connectivity index (χ4n) is 1.63. The van der Waals surface area contributed by atoms with E-state index in [1.54, 1.807) is 0 Å². The predicted molar refractivity (Wildman–Crippen MR) is 60.7 cm³/mol. The Morgan fingerprint density at radius 2 is 2.13 bits per heavy atom. The second-order valence-corrected chi connectivity index (χ2v) is 4.51. The fourth-order valence-corrected chi connectivity index (χ4v) is 1.90. The Hall–Kier alpha value is -1.03. The molecule has 0 aliphatic carbocycles. The number of benzene rings is 1. The molecule has 1 fully saturated rings. The highest BCUT2D eigenvalue weighted by Crippen LogP contribution is 2.14. The number of hydrogen-bond donors (Lipinski definition) is 1. The first kappa shape index (κ1) is 10.5. The second kappa shape index (κ2) is 4.66. The highest BCUT2D eigenvalue weighted by Gasteiger charge is 2.18. The Balaban J connectivity index is 1.96. The maximum atomic E-state index is 11.0. The van der Waals surface area contributed by atoms with Crippen molar-refractivity contribution < 1.29 is 9.53 Å². The van der Waals surface area contributed by atoms with Crippen LogP contribution in [0, 0.1) is 0 Å². The van der Waals surface area contributed by atoms with Crippen LogP contribution in [0.1, 0.15) is 12.0 Å². The van der Waals surface area contributed by atoms with Crippen molar-refractivity contribution in [2.45, 2.75) is 18.9 Å². The Morgan fingerprint density at radius 3 is 2.80 bits per heavy atom. The number of halogens is 1. The minimum absolute atomic E-state index is 0.201. The van der Waals surface area contributed by atoms with Crippen molar-refractivity contribution in [3.63, 3.8) is 0 Å². The largest absolute Gasteiger partial charge is 0.449 e. The molecule has 0 spiro atoms. The molecule has 2 rings (SSSR count). The molecule has 0 unspecified atom stereocenters. The third-order valence-electron chi connectivity index (χ3n) is 2.42. The standard InChI is InChI=1S/C11H12BrNO2/c12-9-3-1-8(2-4-9)7-10-5-6-15-11(14)13-10/h1-4,10H,5-7H2,(H,13,14)/t10-/m0/s1. The van der Waals surface area contributed by atoms with Crippen molar-refractivity contribution in [2.24, 2.45) is 0 Å². The van der Waals surface area contributed by atoms with Crippen molar-refractivity contribution in [1.82, 2.24) is 5.32 Å². The molecule has 1 amide bonds. The summed E-state index contributed by atoms with van der Waals surface area (Å²) < 4.78 is 5.88. The first-order chi connectivity index (χ1) is 7.24. The van der Waals surface area contributed by atoms with E-state index in [-0.39, 0.29) is 12.1 Å². The van der Waals surface area contributed by atoms with Gasteiger partial charge in [-0.05, 0) is 24.1 Å². The van der Waals surface area contributed by atoms with Gasteiger partial charge in [0.2, 0.25) is 0 Å². The van der Waals surface area contributed by atoms with E-state index in [0.717, 1.165) is 17.3 Å². The van der Waals surface area contributed by atoms with Gasteiger partial charge in [-0.3, -0.25) is 0 Å². The zero-order valence-corrected chi connectivity index (χ0v) is 9.79. The summed E-state index contributed by atoms with van der Waals surface area (Å²) in [6.45, 7) is 0.521. The lowest BCUT2D eigenvalue weighted by atomic mass is 10.0. The van der Waals surface area contributed by atoms with E-state index in [1.165, 1.54) is 5.56 Å². The molecule has 1 aromatic rings. The fraction of sp³-hybridized carbons (Fsp3) is 0.364. The van der Waals surface area contributed by atoms with Crippen molar-refractivity contribution in [3.05, 3.63) is 34.3 Å². The normalized spacial score (nSPS) is 20.6. The van der Waals surface area contributed by atoms with Crippen LogP contribution in [0.5, 0.6) is 0 Å². The maximum Gasteiger partial charge on any atom is 0.407 e. The van der Waals surface area contributed by atoms with E-state index in [0.29, 0.717) is 6.61 Å². The highest BCUT2D eigenvalue weighted by atomic mass is 79.9. The van der Waals surface area contributed by atoms with Gasteiger partial charge in [0, 0.05) is 16.9 Å². The Labute approximate surface area is 96.9 Å². The summed E-state index contributed by atoms with van der Waals surface area (Å²) in [6, 6.07) is 8.34. The number of cyclic esters (lactones) is 1. The third kappa shape index (κ3) is 2.96. The van der Waals surface area contributed by atoms with Gasteiger partial charge in [0.05, 0.1) is 6.61 Å². The minimum atomic E-state index is -0.302. The van der Waals surface area contributed by atoms with Crippen molar-refractivity contribution >= 4 is 22.0 Å². The van der Waals surface area contributed by atoms with E-state index in [9.17, 15) is 4.79 Å². The predicted octanol–water partition coefficient (Wildman–Crippen LogP) is 2.49. The SMILES string of the molecule is O=C1N[C@H](Cc2ccc(Br)cc2)CCO1. The zero-order valence-electron chi connectivity index (χ0n) is 8.20. The van der Waals surface area contributed by atoms with E-state index in [1.807, 2.05) is 12.1 Å². The van der Waals surface area contributed by atoms with E-state index < -0.39 is 0 Å². The molecule has 1 aromatic carbocycles. The summed E-state index contributed by atoms with van der Waals surface area (Å²) in [7, 11) is 0. The number of carbonyl (C=O) groups excluding carboxylic acids is 1. The van der Waals surface area contributed by atoms with E-state index in [2.05, 4.69) is 33.4 Å². The molecule has 80 valence electrons. The number of alkyl carbamates (subject to hydrolysis) is 1. The molecule has 0 saturated carbocycles. The van der Waals surface area contributed by atoms with Crippen molar-refractivity contribution in [1.29, 1.82) is 0 Å². The molecule has 0 bridgehead atoms. The lowest BCUT2D eigenvalue weighted by molar-refractivity contribution is 0.115. The molecular formula is C11H12BrNO2. The van der Waals surface area contributed by atoms with Gasteiger partial charge < -0.3 is 10.1 Å². The molecule has 0 radical (unpaired) electrons. The molecule has 1 aliphatic rings.